The van der Waals surface area contributed by atoms with Gasteiger partial charge in [0.05, 0.1) is 5.56 Å². The number of carbonyl (C=O) groups is 1. The predicted molar refractivity (Wildman–Crippen MR) is 89.0 cm³/mol. The topological polar surface area (TPSA) is 66.1 Å². The minimum absolute atomic E-state index is 0.270. The van der Waals surface area contributed by atoms with Crippen LogP contribution in [0, 0.1) is 5.92 Å². The Labute approximate surface area is 146 Å². The zero-order chi connectivity index (χ0) is 17.9. The van der Waals surface area contributed by atoms with Crippen LogP contribution in [0.25, 0.3) is 10.6 Å². The van der Waals surface area contributed by atoms with Gasteiger partial charge in [0.1, 0.15) is 10.7 Å². The van der Waals surface area contributed by atoms with Crippen molar-refractivity contribution in [3.63, 3.8) is 0 Å². The minimum Gasteiger partial charge on any atom is -0.351 e. The minimum atomic E-state index is -4.36. The lowest BCUT2D eigenvalue weighted by Gasteiger charge is -2.07. The SMILES string of the molecule is O=C(NCCC1CNNC1)c1csc(-c2ccc(C(F)(F)F)cc2)n1. The average molecular weight is 370 g/mol. The van der Waals surface area contributed by atoms with Gasteiger partial charge in [0, 0.05) is 30.6 Å². The summed E-state index contributed by atoms with van der Waals surface area (Å²) in [7, 11) is 0. The summed E-state index contributed by atoms with van der Waals surface area (Å²) >= 11 is 1.23. The van der Waals surface area contributed by atoms with E-state index in [9.17, 15) is 18.0 Å². The first-order valence-corrected chi connectivity index (χ1v) is 8.68. The van der Waals surface area contributed by atoms with E-state index < -0.39 is 11.7 Å². The largest absolute Gasteiger partial charge is 0.416 e. The number of hydrazine groups is 1. The van der Waals surface area contributed by atoms with Crippen LogP contribution < -0.4 is 16.2 Å². The van der Waals surface area contributed by atoms with Gasteiger partial charge in [-0.15, -0.1) is 11.3 Å². The lowest BCUT2D eigenvalue weighted by Crippen LogP contribution is -2.27. The number of nitrogens with one attached hydrogen (secondary N) is 3. The number of rotatable bonds is 5. The van der Waals surface area contributed by atoms with Gasteiger partial charge >= 0.3 is 6.18 Å². The number of alkyl halides is 3. The van der Waals surface area contributed by atoms with Crippen molar-refractivity contribution in [2.75, 3.05) is 19.6 Å². The maximum absolute atomic E-state index is 12.6. The van der Waals surface area contributed by atoms with E-state index in [0.29, 0.717) is 23.0 Å². The number of aromatic nitrogens is 1. The van der Waals surface area contributed by atoms with Crippen molar-refractivity contribution in [2.45, 2.75) is 12.6 Å². The summed E-state index contributed by atoms with van der Waals surface area (Å²) in [5, 5.41) is 4.95. The Morgan fingerprint density at radius 2 is 1.92 bits per heavy atom. The van der Waals surface area contributed by atoms with Gasteiger partial charge in [-0.05, 0) is 24.5 Å². The van der Waals surface area contributed by atoms with Crippen LogP contribution in [-0.4, -0.2) is 30.5 Å². The number of amides is 1. The molecule has 1 aromatic carbocycles. The van der Waals surface area contributed by atoms with Crippen LogP contribution in [-0.2, 0) is 6.18 Å². The molecule has 2 heterocycles. The molecule has 0 unspecified atom stereocenters. The average Bonchev–Trinajstić information content (AvgIpc) is 3.26. The third-order valence-corrected chi connectivity index (χ3v) is 4.83. The molecular formula is C16H17F3N4OS. The highest BCUT2D eigenvalue weighted by Crippen LogP contribution is 2.31. The van der Waals surface area contributed by atoms with Gasteiger partial charge in [-0.3, -0.25) is 15.6 Å². The molecule has 1 aromatic heterocycles. The highest BCUT2D eigenvalue weighted by molar-refractivity contribution is 7.13. The number of benzene rings is 1. The van der Waals surface area contributed by atoms with Crippen molar-refractivity contribution in [1.29, 1.82) is 0 Å². The molecule has 9 heteroatoms. The molecule has 1 aliphatic rings. The number of hydrogen-bond donors (Lipinski definition) is 3. The quantitative estimate of drug-likeness (QED) is 0.757. The maximum atomic E-state index is 12.6. The first-order valence-electron chi connectivity index (χ1n) is 7.80. The second kappa shape index (κ2) is 7.51. The molecular weight excluding hydrogens is 353 g/mol. The van der Waals surface area contributed by atoms with E-state index in [2.05, 4.69) is 21.2 Å². The van der Waals surface area contributed by atoms with Crippen LogP contribution in [0.2, 0.25) is 0 Å². The second-order valence-corrected chi connectivity index (χ2v) is 6.64. The summed E-state index contributed by atoms with van der Waals surface area (Å²) in [6, 6.07) is 4.76. The summed E-state index contributed by atoms with van der Waals surface area (Å²) in [4.78, 5) is 16.3. The summed E-state index contributed by atoms with van der Waals surface area (Å²) < 4.78 is 37.8. The maximum Gasteiger partial charge on any atom is 0.416 e. The second-order valence-electron chi connectivity index (χ2n) is 5.79. The van der Waals surface area contributed by atoms with Gasteiger partial charge < -0.3 is 5.32 Å². The van der Waals surface area contributed by atoms with Gasteiger partial charge in [0.25, 0.3) is 5.91 Å². The molecule has 0 atom stereocenters. The van der Waals surface area contributed by atoms with Crippen LogP contribution in [0.3, 0.4) is 0 Å². The lowest BCUT2D eigenvalue weighted by molar-refractivity contribution is -0.137. The molecule has 25 heavy (non-hydrogen) atoms. The molecule has 1 fully saturated rings. The molecule has 3 N–H and O–H groups in total. The number of thiazole rings is 1. The van der Waals surface area contributed by atoms with Crippen LogP contribution in [0.4, 0.5) is 13.2 Å². The highest BCUT2D eigenvalue weighted by atomic mass is 32.1. The molecule has 1 saturated heterocycles. The van der Waals surface area contributed by atoms with Gasteiger partial charge in [-0.1, -0.05) is 12.1 Å². The lowest BCUT2D eigenvalue weighted by atomic mass is 10.1. The van der Waals surface area contributed by atoms with Gasteiger partial charge in [-0.2, -0.15) is 13.2 Å². The Hall–Kier alpha value is -1.97. The van der Waals surface area contributed by atoms with Gasteiger partial charge in [-0.25, -0.2) is 4.98 Å². The Balaban J connectivity index is 1.58. The summed E-state index contributed by atoms with van der Waals surface area (Å²) in [5.74, 6) is 0.215. The summed E-state index contributed by atoms with van der Waals surface area (Å²) in [6.07, 6.45) is -3.50. The molecule has 2 aromatic rings. The standard InChI is InChI=1S/C16H17F3N4OS/c17-16(18,19)12-3-1-11(2-4-12)15-23-13(9-25-15)14(24)20-6-5-10-7-21-22-8-10/h1-4,9-10,21-22H,5-8H2,(H,20,24). The van der Waals surface area contributed by atoms with Gasteiger partial charge in [0.2, 0.25) is 0 Å². The first-order chi connectivity index (χ1) is 11.9. The highest BCUT2D eigenvalue weighted by Gasteiger charge is 2.30. The molecule has 5 nitrogen and oxygen atoms in total. The van der Waals surface area contributed by atoms with Crippen molar-refractivity contribution < 1.29 is 18.0 Å². The van der Waals surface area contributed by atoms with Crippen molar-refractivity contribution in [3.8, 4) is 10.6 Å². The summed E-state index contributed by atoms with van der Waals surface area (Å²) in [5.41, 5.74) is 6.20. The number of hydrogen-bond acceptors (Lipinski definition) is 5. The molecule has 0 spiro atoms. The van der Waals surface area contributed by atoms with Crippen molar-refractivity contribution in [1.82, 2.24) is 21.2 Å². The van der Waals surface area contributed by atoms with Crippen molar-refractivity contribution in [2.24, 2.45) is 5.92 Å². The van der Waals surface area contributed by atoms with Gasteiger partial charge in [0.15, 0.2) is 0 Å². The molecule has 0 radical (unpaired) electrons. The van der Waals surface area contributed by atoms with E-state index in [1.54, 1.807) is 5.38 Å². The molecule has 134 valence electrons. The molecule has 1 amide bonds. The zero-order valence-corrected chi connectivity index (χ0v) is 14.0. The van der Waals surface area contributed by atoms with Crippen molar-refractivity contribution >= 4 is 17.2 Å². The van der Waals surface area contributed by atoms with Crippen LogP contribution in [0.15, 0.2) is 29.6 Å². The van der Waals surface area contributed by atoms with E-state index in [1.165, 1.54) is 23.5 Å². The molecule has 1 aliphatic heterocycles. The van der Waals surface area contributed by atoms with Crippen LogP contribution in [0.1, 0.15) is 22.5 Å². The number of nitrogens with zero attached hydrogens (tertiary/aromatic N) is 1. The first kappa shape index (κ1) is 17.8. The number of carbonyl (C=O) groups excluding carboxylic acids is 1. The van der Waals surface area contributed by atoms with E-state index in [-0.39, 0.29) is 11.6 Å². The molecule has 0 aliphatic carbocycles. The Morgan fingerprint density at radius 3 is 2.56 bits per heavy atom. The molecule has 0 saturated carbocycles. The fourth-order valence-corrected chi connectivity index (χ4v) is 3.31. The predicted octanol–water partition coefficient (Wildman–Crippen LogP) is 2.67. The fourth-order valence-electron chi connectivity index (χ4n) is 2.50. The van der Waals surface area contributed by atoms with Crippen LogP contribution >= 0.6 is 11.3 Å². The zero-order valence-electron chi connectivity index (χ0n) is 13.2. The normalized spacial score (nSPS) is 15.5. The Bertz CT molecular complexity index is 724. The smallest absolute Gasteiger partial charge is 0.351 e. The Morgan fingerprint density at radius 1 is 1.24 bits per heavy atom. The molecule has 0 bridgehead atoms. The third kappa shape index (κ3) is 4.56. The monoisotopic (exact) mass is 370 g/mol. The summed E-state index contributed by atoms with van der Waals surface area (Å²) in [6.45, 7) is 2.31. The van der Waals surface area contributed by atoms with Crippen molar-refractivity contribution in [3.05, 3.63) is 40.9 Å². The number of halogens is 3. The van der Waals surface area contributed by atoms with E-state index in [4.69, 9.17) is 0 Å². The Kier molecular flexibility index (Phi) is 5.36. The van der Waals surface area contributed by atoms with E-state index in [1.807, 2.05) is 0 Å². The third-order valence-electron chi connectivity index (χ3n) is 3.94. The van der Waals surface area contributed by atoms with E-state index >= 15 is 0 Å². The fraction of sp³-hybridized carbons (Fsp3) is 0.375. The molecule has 3 rings (SSSR count). The van der Waals surface area contributed by atoms with Crippen LogP contribution in [0.5, 0.6) is 0 Å². The van der Waals surface area contributed by atoms with E-state index in [0.717, 1.165) is 31.6 Å².